The van der Waals surface area contributed by atoms with Crippen molar-refractivity contribution < 1.29 is 13.2 Å². The number of pyridine rings is 1. The third-order valence-electron chi connectivity index (χ3n) is 1.97. The molecule has 8 heteroatoms. The minimum atomic E-state index is -3.56. The first-order chi connectivity index (χ1) is 7.92. The summed E-state index contributed by atoms with van der Waals surface area (Å²) < 4.78 is 21.3. The molecule has 7 nitrogen and oxygen atoms in total. The summed E-state index contributed by atoms with van der Waals surface area (Å²) in [6.07, 6.45) is 1.49. The number of hydrogen-bond donors (Lipinski definition) is 3. The van der Waals surface area contributed by atoms with Crippen molar-refractivity contribution in [2.45, 2.75) is 6.54 Å². The van der Waals surface area contributed by atoms with Crippen molar-refractivity contribution in [3.63, 3.8) is 0 Å². The molecule has 0 bridgehead atoms. The molecule has 1 rings (SSSR count). The molecule has 94 valence electrons. The normalized spacial score (nSPS) is 11.2. The highest BCUT2D eigenvalue weighted by Gasteiger charge is 2.08. The molecule has 1 aromatic heterocycles. The van der Waals surface area contributed by atoms with Gasteiger partial charge >= 0.3 is 0 Å². The van der Waals surface area contributed by atoms with E-state index in [1.165, 1.54) is 12.3 Å². The van der Waals surface area contributed by atoms with Crippen LogP contribution in [0, 0.1) is 0 Å². The quantitative estimate of drug-likeness (QED) is 0.595. The van der Waals surface area contributed by atoms with E-state index in [9.17, 15) is 13.2 Å². The van der Waals surface area contributed by atoms with E-state index in [1.54, 1.807) is 6.07 Å². The lowest BCUT2D eigenvalue weighted by atomic mass is 10.2. The van der Waals surface area contributed by atoms with Crippen LogP contribution in [0.1, 0.15) is 16.1 Å². The number of nitrogens with one attached hydrogen (secondary N) is 1. The lowest BCUT2D eigenvalue weighted by Gasteiger charge is -2.04. The van der Waals surface area contributed by atoms with Crippen LogP contribution in [0.4, 0.5) is 0 Å². The molecule has 0 aromatic carbocycles. The fraction of sp³-hybridized carbons (Fsp3) is 0.333. The van der Waals surface area contributed by atoms with Gasteiger partial charge in [-0.1, -0.05) is 6.07 Å². The van der Waals surface area contributed by atoms with E-state index < -0.39 is 15.9 Å². The molecular formula is C9H14N4O3S. The van der Waals surface area contributed by atoms with Gasteiger partial charge in [0.1, 0.15) is 5.69 Å². The zero-order valence-corrected chi connectivity index (χ0v) is 9.90. The number of rotatable bonds is 5. The maximum atomic E-state index is 11.5. The minimum Gasteiger partial charge on any atom is -0.350 e. The summed E-state index contributed by atoms with van der Waals surface area (Å²) in [4.78, 5) is 15.4. The maximum absolute atomic E-state index is 11.5. The van der Waals surface area contributed by atoms with Gasteiger partial charge in [-0.15, -0.1) is 0 Å². The van der Waals surface area contributed by atoms with Crippen LogP contribution in [0.25, 0.3) is 0 Å². The van der Waals surface area contributed by atoms with Gasteiger partial charge in [0.25, 0.3) is 5.91 Å². The van der Waals surface area contributed by atoms with Crippen molar-refractivity contribution >= 4 is 15.9 Å². The highest BCUT2D eigenvalue weighted by Crippen LogP contribution is 1.99. The van der Waals surface area contributed by atoms with Crippen molar-refractivity contribution in [2.75, 3.05) is 12.3 Å². The summed E-state index contributed by atoms with van der Waals surface area (Å²) in [6, 6.07) is 3.20. The Hall–Kier alpha value is -1.51. The lowest BCUT2D eigenvalue weighted by Crippen LogP contribution is -2.31. The van der Waals surface area contributed by atoms with Crippen LogP contribution >= 0.6 is 0 Å². The van der Waals surface area contributed by atoms with E-state index in [-0.39, 0.29) is 18.0 Å². The van der Waals surface area contributed by atoms with Crippen LogP contribution in [0.5, 0.6) is 0 Å². The van der Waals surface area contributed by atoms with E-state index in [2.05, 4.69) is 10.3 Å². The van der Waals surface area contributed by atoms with Gasteiger partial charge in [-0.2, -0.15) is 0 Å². The van der Waals surface area contributed by atoms with Crippen LogP contribution in [-0.2, 0) is 16.6 Å². The number of carbonyl (C=O) groups is 1. The Morgan fingerprint density at radius 3 is 2.59 bits per heavy atom. The van der Waals surface area contributed by atoms with Gasteiger partial charge in [0, 0.05) is 19.3 Å². The molecule has 0 aliphatic rings. The molecule has 17 heavy (non-hydrogen) atoms. The van der Waals surface area contributed by atoms with Gasteiger partial charge in [-0.25, -0.2) is 13.6 Å². The average molecular weight is 258 g/mol. The summed E-state index contributed by atoms with van der Waals surface area (Å²) in [5.74, 6) is -0.753. The van der Waals surface area contributed by atoms with Crippen molar-refractivity contribution in [2.24, 2.45) is 10.9 Å². The van der Waals surface area contributed by atoms with E-state index in [0.717, 1.165) is 5.56 Å². The molecule has 0 atom stereocenters. The van der Waals surface area contributed by atoms with Crippen LogP contribution < -0.4 is 16.2 Å². The number of hydrogen-bond acceptors (Lipinski definition) is 5. The first-order valence-electron chi connectivity index (χ1n) is 4.86. The summed E-state index contributed by atoms with van der Waals surface area (Å²) in [6.45, 7) is 0.304. The topological polar surface area (TPSA) is 128 Å². The number of carbonyl (C=O) groups excluding carboxylic acids is 1. The predicted octanol–water partition coefficient (Wildman–Crippen LogP) is -1.44. The van der Waals surface area contributed by atoms with Gasteiger partial charge in [-0.05, 0) is 11.6 Å². The number of nitrogens with zero attached hydrogens (tertiary/aromatic N) is 1. The molecule has 5 N–H and O–H groups in total. The molecule has 0 aliphatic heterocycles. The Bertz CT molecular complexity index is 483. The first-order valence-corrected chi connectivity index (χ1v) is 6.57. The predicted molar refractivity (Wildman–Crippen MR) is 62.4 cm³/mol. The number of nitrogens with two attached hydrogens (primary N) is 2. The first kappa shape index (κ1) is 13.6. The van der Waals surface area contributed by atoms with Crippen LogP contribution in [0.15, 0.2) is 18.3 Å². The Kier molecular flexibility index (Phi) is 4.55. The monoisotopic (exact) mass is 258 g/mol. The molecule has 0 radical (unpaired) electrons. The summed E-state index contributed by atoms with van der Waals surface area (Å²) in [5, 5.41) is 7.19. The Morgan fingerprint density at radius 1 is 1.41 bits per heavy atom. The second-order valence-electron chi connectivity index (χ2n) is 3.38. The zero-order valence-electron chi connectivity index (χ0n) is 9.09. The van der Waals surface area contributed by atoms with Gasteiger partial charge < -0.3 is 11.1 Å². The van der Waals surface area contributed by atoms with E-state index >= 15 is 0 Å². The van der Waals surface area contributed by atoms with E-state index in [4.69, 9.17) is 10.9 Å². The fourth-order valence-electron chi connectivity index (χ4n) is 1.08. The summed E-state index contributed by atoms with van der Waals surface area (Å²) >= 11 is 0. The average Bonchev–Trinajstić information content (AvgIpc) is 2.27. The molecule has 0 spiro atoms. The minimum absolute atomic E-state index is 0.0437. The molecule has 1 amide bonds. The van der Waals surface area contributed by atoms with Gasteiger partial charge in [0.2, 0.25) is 10.0 Å². The van der Waals surface area contributed by atoms with Gasteiger partial charge in [0.05, 0.1) is 5.75 Å². The number of sulfonamides is 1. The van der Waals surface area contributed by atoms with Crippen LogP contribution in [0.3, 0.4) is 0 Å². The van der Waals surface area contributed by atoms with Gasteiger partial charge in [-0.3, -0.25) is 9.78 Å². The highest BCUT2D eigenvalue weighted by molar-refractivity contribution is 7.89. The summed E-state index contributed by atoms with van der Waals surface area (Å²) in [5.41, 5.74) is 6.40. The molecule has 0 aliphatic carbocycles. The van der Waals surface area contributed by atoms with Crippen molar-refractivity contribution in [1.29, 1.82) is 0 Å². The van der Waals surface area contributed by atoms with Crippen LogP contribution in [0.2, 0.25) is 0 Å². The maximum Gasteiger partial charge on any atom is 0.269 e. The number of amides is 1. The molecule has 0 saturated carbocycles. The van der Waals surface area contributed by atoms with Crippen molar-refractivity contribution in [3.05, 3.63) is 29.6 Å². The smallest absolute Gasteiger partial charge is 0.269 e. The van der Waals surface area contributed by atoms with E-state index in [1.807, 2.05) is 0 Å². The fourth-order valence-corrected chi connectivity index (χ4v) is 1.46. The second kappa shape index (κ2) is 5.71. The Labute approximate surface area is 99.3 Å². The molecule has 1 aromatic rings. The molecular weight excluding hydrogens is 244 g/mol. The molecule has 1 heterocycles. The van der Waals surface area contributed by atoms with Crippen molar-refractivity contribution in [3.8, 4) is 0 Å². The number of aromatic nitrogens is 1. The van der Waals surface area contributed by atoms with Crippen LogP contribution in [-0.4, -0.2) is 31.6 Å². The highest BCUT2D eigenvalue weighted by atomic mass is 32.2. The largest absolute Gasteiger partial charge is 0.350 e. The third-order valence-corrected chi connectivity index (χ3v) is 2.74. The SMILES string of the molecule is NCc1ccc(C(=O)NCCS(N)(=O)=O)nc1. The standard InChI is InChI=1S/C9H14N4O3S/c10-5-7-1-2-8(13-6-7)9(14)12-3-4-17(11,15)16/h1-2,6H,3-5,10H2,(H,12,14)(H2,11,15,16). The molecule has 0 unspecified atom stereocenters. The summed E-state index contributed by atoms with van der Waals surface area (Å²) in [7, 11) is -3.56. The Balaban J connectivity index is 2.52. The van der Waals surface area contributed by atoms with E-state index in [0.29, 0.717) is 6.54 Å². The van der Waals surface area contributed by atoms with Gasteiger partial charge in [0.15, 0.2) is 0 Å². The second-order valence-corrected chi connectivity index (χ2v) is 5.11. The molecule has 0 saturated heterocycles. The third kappa shape index (κ3) is 4.89. The Morgan fingerprint density at radius 2 is 2.12 bits per heavy atom. The zero-order chi connectivity index (χ0) is 12.9. The lowest BCUT2D eigenvalue weighted by molar-refractivity contribution is 0.0951. The molecule has 0 fully saturated rings. The van der Waals surface area contributed by atoms with Crippen molar-refractivity contribution in [1.82, 2.24) is 10.3 Å². The number of primary sulfonamides is 1.